The maximum atomic E-state index is 12.2. The van der Waals surface area contributed by atoms with Crippen LogP contribution < -0.4 is 16.0 Å². The van der Waals surface area contributed by atoms with Gasteiger partial charge in [0.25, 0.3) is 0 Å². The smallest absolute Gasteiger partial charge is 0.238 e. The molecule has 0 spiro atoms. The Kier molecular flexibility index (Phi) is 7.75. The Morgan fingerprint density at radius 1 is 0.969 bits per heavy atom. The van der Waals surface area contributed by atoms with Gasteiger partial charge in [-0.05, 0) is 30.3 Å². The summed E-state index contributed by atoms with van der Waals surface area (Å²) in [5.74, 6) is 0.477. The fourth-order valence-corrected chi connectivity index (χ4v) is 3.42. The quantitative estimate of drug-likeness (QED) is 0.448. The molecule has 4 rings (SSSR count). The van der Waals surface area contributed by atoms with Gasteiger partial charge >= 0.3 is 0 Å². The van der Waals surface area contributed by atoms with E-state index in [1.54, 1.807) is 6.20 Å². The molecule has 2 aromatic carbocycles. The molecule has 2 heterocycles. The van der Waals surface area contributed by atoms with E-state index in [2.05, 4.69) is 30.8 Å². The molecule has 1 aliphatic rings. The maximum Gasteiger partial charge on any atom is 0.238 e. The molecular formula is C24H28N6O2. The van der Waals surface area contributed by atoms with Crippen LogP contribution in [-0.4, -0.2) is 66.7 Å². The summed E-state index contributed by atoms with van der Waals surface area (Å²) >= 11 is 0. The van der Waals surface area contributed by atoms with Gasteiger partial charge in [-0.3, -0.25) is 9.69 Å². The topological polar surface area (TPSA) is 91.4 Å². The van der Waals surface area contributed by atoms with Crippen LogP contribution in [0.1, 0.15) is 0 Å². The molecule has 166 valence electrons. The van der Waals surface area contributed by atoms with Crippen LogP contribution >= 0.6 is 0 Å². The minimum atomic E-state index is -0.0592. The zero-order valence-corrected chi connectivity index (χ0v) is 18.0. The van der Waals surface area contributed by atoms with Gasteiger partial charge in [0.05, 0.1) is 25.5 Å². The normalized spacial score (nSPS) is 14.1. The van der Waals surface area contributed by atoms with E-state index in [4.69, 9.17) is 4.74 Å². The standard InChI is InChI=1S/C24H28N6O2/c31-23(18-25-12-13-30-14-16-32-17-15-30)27-21-8-6-19(7-9-21)22-10-11-26-24(29-22)28-20-4-2-1-3-5-20/h1-11,25H,12-18H2,(H,27,31)(H,26,28,29). The van der Waals surface area contributed by atoms with E-state index in [0.717, 1.165) is 62.0 Å². The average Bonchev–Trinajstić information content (AvgIpc) is 2.84. The molecule has 1 aromatic heterocycles. The third-order valence-corrected chi connectivity index (χ3v) is 5.14. The van der Waals surface area contributed by atoms with E-state index in [1.807, 2.05) is 60.7 Å². The van der Waals surface area contributed by atoms with Gasteiger partial charge in [0.2, 0.25) is 11.9 Å². The molecule has 3 N–H and O–H groups in total. The molecule has 1 amide bonds. The van der Waals surface area contributed by atoms with Crippen LogP contribution in [0.2, 0.25) is 0 Å². The van der Waals surface area contributed by atoms with Crippen LogP contribution in [0, 0.1) is 0 Å². The first-order valence-electron chi connectivity index (χ1n) is 10.8. The lowest BCUT2D eigenvalue weighted by Gasteiger charge is -2.26. The SMILES string of the molecule is O=C(CNCCN1CCOCC1)Nc1ccc(-c2ccnc(Nc3ccccc3)n2)cc1. The van der Waals surface area contributed by atoms with Gasteiger partial charge in [-0.25, -0.2) is 9.97 Å². The number of aromatic nitrogens is 2. The molecule has 0 unspecified atom stereocenters. The van der Waals surface area contributed by atoms with E-state index < -0.39 is 0 Å². The summed E-state index contributed by atoms with van der Waals surface area (Å²) in [4.78, 5) is 23.4. The molecular weight excluding hydrogens is 404 g/mol. The second-order valence-corrected chi connectivity index (χ2v) is 7.51. The molecule has 3 aromatic rings. The summed E-state index contributed by atoms with van der Waals surface area (Å²) in [6.45, 7) is 5.47. The lowest BCUT2D eigenvalue weighted by molar-refractivity contribution is -0.115. The van der Waals surface area contributed by atoms with E-state index in [-0.39, 0.29) is 12.5 Å². The van der Waals surface area contributed by atoms with Gasteiger partial charge in [0, 0.05) is 49.3 Å². The molecule has 0 saturated carbocycles. The first-order chi connectivity index (χ1) is 15.8. The Balaban J connectivity index is 1.25. The van der Waals surface area contributed by atoms with Crippen molar-refractivity contribution in [3.63, 3.8) is 0 Å². The van der Waals surface area contributed by atoms with Crippen LogP contribution in [0.5, 0.6) is 0 Å². The molecule has 1 fully saturated rings. The second-order valence-electron chi connectivity index (χ2n) is 7.51. The third kappa shape index (κ3) is 6.58. The molecule has 0 aliphatic carbocycles. The fourth-order valence-electron chi connectivity index (χ4n) is 3.42. The van der Waals surface area contributed by atoms with Crippen LogP contribution in [0.3, 0.4) is 0 Å². The Hall–Kier alpha value is -3.33. The predicted octanol–water partition coefficient (Wildman–Crippen LogP) is 2.75. The second kappa shape index (κ2) is 11.3. The molecule has 0 bridgehead atoms. The van der Waals surface area contributed by atoms with Gasteiger partial charge in [0.1, 0.15) is 0 Å². The summed E-state index contributed by atoms with van der Waals surface area (Å²) in [6, 6.07) is 19.3. The van der Waals surface area contributed by atoms with Crippen LogP contribution in [0.25, 0.3) is 11.3 Å². The minimum Gasteiger partial charge on any atom is -0.379 e. The largest absolute Gasteiger partial charge is 0.379 e. The summed E-state index contributed by atoms with van der Waals surface area (Å²) in [6.07, 6.45) is 1.73. The monoisotopic (exact) mass is 432 g/mol. The molecule has 0 atom stereocenters. The summed E-state index contributed by atoms with van der Waals surface area (Å²) in [5.41, 5.74) is 3.44. The highest BCUT2D eigenvalue weighted by Crippen LogP contribution is 2.21. The van der Waals surface area contributed by atoms with Crippen molar-refractivity contribution in [3.8, 4) is 11.3 Å². The predicted molar refractivity (Wildman–Crippen MR) is 126 cm³/mol. The van der Waals surface area contributed by atoms with Gasteiger partial charge in [0.15, 0.2) is 0 Å². The number of carbonyl (C=O) groups is 1. The molecule has 1 saturated heterocycles. The summed E-state index contributed by atoms with van der Waals surface area (Å²) in [5, 5.41) is 9.32. The van der Waals surface area contributed by atoms with Crippen molar-refractivity contribution < 1.29 is 9.53 Å². The number of para-hydroxylation sites is 1. The highest BCUT2D eigenvalue weighted by Gasteiger charge is 2.10. The summed E-state index contributed by atoms with van der Waals surface area (Å²) in [7, 11) is 0. The van der Waals surface area contributed by atoms with Crippen molar-refractivity contribution in [2.45, 2.75) is 0 Å². The Labute approximate surface area is 188 Å². The third-order valence-electron chi connectivity index (χ3n) is 5.14. The number of anilines is 3. The number of nitrogens with zero attached hydrogens (tertiary/aromatic N) is 3. The molecule has 1 aliphatic heterocycles. The number of hydrogen-bond donors (Lipinski definition) is 3. The van der Waals surface area contributed by atoms with Gasteiger partial charge in [-0.2, -0.15) is 0 Å². The lowest BCUT2D eigenvalue weighted by atomic mass is 10.1. The van der Waals surface area contributed by atoms with Gasteiger partial charge in [-0.1, -0.05) is 30.3 Å². The zero-order chi connectivity index (χ0) is 22.0. The minimum absolute atomic E-state index is 0.0592. The van der Waals surface area contributed by atoms with E-state index in [1.165, 1.54) is 0 Å². The molecule has 32 heavy (non-hydrogen) atoms. The van der Waals surface area contributed by atoms with Crippen molar-refractivity contribution in [2.24, 2.45) is 0 Å². The van der Waals surface area contributed by atoms with Crippen molar-refractivity contribution in [1.82, 2.24) is 20.2 Å². The summed E-state index contributed by atoms with van der Waals surface area (Å²) < 4.78 is 5.34. The van der Waals surface area contributed by atoms with E-state index >= 15 is 0 Å². The number of nitrogens with one attached hydrogen (secondary N) is 3. The van der Waals surface area contributed by atoms with Crippen LogP contribution in [0.15, 0.2) is 66.9 Å². The number of rotatable bonds is 9. The lowest BCUT2D eigenvalue weighted by Crippen LogP contribution is -2.41. The van der Waals surface area contributed by atoms with Crippen LogP contribution in [0.4, 0.5) is 17.3 Å². The van der Waals surface area contributed by atoms with E-state index in [9.17, 15) is 4.79 Å². The van der Waals surface area contributed by atoms with Crippen LogP contribution in [-0.2, 0) is 9.53 Å². The number of hydrogen-bond acceptors (Lipinski definition) is 7. The van der Waals surface area contributed by atoms with Gasteiger partial charge in [-0.15, -0.1) is 0 Å². The van der Waals surface area contributed by atoms with E-state index in [0.29, 0.717) is 5.95 Å². The maximum absolute atomic E-state index is 12.2. The highest BCUT2D eigenvalue weighted by molar-refractivity contribution is 5.92. The Bertz CT molecular complexity index is 991. The number of benzene rings is 2. The first kappa shape index (κ1) is 21.9. The van der Waals surface area contributed by atoms with Crippen molar-refractivity contribution in [1.29, 1.82) is 0 Å². The van der Waals surface area contributed by atoms with Gasteiger partial charge < -0.3 is 20.7 Å². The highest BCUT2D eigenvalue weighted by atomic mass is 16.5. The number of ether oxygens (including phenoxy) is 1. The Morgan fingerprint density at radius 3 is 2.53 bits per heavy atom. The zero-order valence-electron chi connectivity index (χ0n) is 18.0. The van der Waals surface area contributed by atoms with Crippen molar-refractivity contribution in [2.75, 3.05) is 56.6 Å². The Morgan fingerprint density at radius 2 is 1.75 bits per heavy atom. The number of carbonyl (C=O) groups excluding carboxylic acids is 1. The van der Waals surface area contributed by atoms with Crippen molar-refractivity contribution in [3.05, 3.63) is 66.9 Å². The first-order valence-corrected chi connectivity index (χ1v) is 10.8. The van der Waals surface area contributed by atoms with Crippen molar-refractivity contribution >= 4 is 23.2 Å². The molecule has 8 heteroatoms. The number of morpholine rings is 1. The molecule has 0 radical (unpaired) electrons. The number of amides is 1. The fraction of sp³-hybridized carbons (Fsp3) is 0.292. The average molecular weight is 433 g/mol. The molecule has 8 nitrogen and oxygen atoms in total.